The van der Waals surface area contributed by atoms with Crippen molar-refractivity contribution in [2.45, 2.75) is 338 Å². The number of hydrogen-bond donors (Lipinski definition) is 10. The number of carboxylic acids is 1. The van der Waals surface area contributed by atoms with Crippen molar-refractivity contribution in [3.05, 3.63) is 73.3 Å². The van der Waals surface area contributed by atoms with E-state index in [1.54, 1.807) is 76.5 Å². The van der Waals surface area contributed by atoms with Gasteiger partial charge in [0.15, 0.2) is 25.0 Å². The summed E-state index contributed by atoms with van der Waals surface area (Å²) in [5.41, 5.74) is 3.12. The Morgan fingerprint density at radius 3 is 1.10 bits per heavy atom. The Morgan fingerprint density at radius 1 is 0.444 bits per heavy atom. The van der Waals surface area contributed by atoms with Gasteiger partial charge in [-0.05, 0) is 175 Å². The second-order valence-corrected chi connectivity index (χ2v) is 67.8. The molecule has 3 saturated heterocycles. The summed E-state index contributed by atoms with van der Waals surface area (Å²) in [6.45, 7) is 79.0. The molecular weight excluding hydrogens is 1820 g/mol. The number of aliphatic carboxylic acids is 1. The molecule has 0 aliphatic carbocycles. The number of alkyl carbamates (subject to hydrolysis) is 8. The average molecular weight is 2000 g/mol. The zero-order chi connectivity index (χ0) is 104. The van der Waals surface area contributed by atoms with Crippen LogP contribution in [-0.2, 0) is 78.5 Å². The molecule has 2 aromatic rings. The molecule has 3 heterocycles. The Bertz CT molecular complexity index is 3990. The molecule has 0 saturated carbocycles. The summed E-state index contributed by atoms with van der Waals surface area (Å²) in [5, 5.41) is 32.1. The first-order chi connectivity index (χ1) is 60.8. The van der Waals surface area contributed by atoms with E-state index in [1.165, 1.54) is 0 Å². The number of ether oxygens (including phenoxy) is 8. The molecule has 0 spiro atoms. The van der Waals surface area contributed by atoms with Gasteiger partial charge in [0.25, 0.3) is 0 Å². The summed E-state index contributed by atoms with van der Waals surface area (Å²) in [4.78, 5) is 117. The maximum absolute atomic E-state index is 12.8. The molecule has 3 fully saturated rings. The third-order valence-electron chi connectivity index (χ3n) is 23.1. The molecule has 778 valence electrons. The van der Waals surface area contributed by atoms with Crippen molar-refractivity contribution in [1.29, 1.82) is 0 Å². The first kappa shape index (κ1) is 127. The first-order valence-electron chi connectivity index (χ1n) is 45.9. The molecule has 2 unspecified atom stereocenters. The summed E-state index contributed by atoms with van der Waals surface area (Å²) in [5.74, 6) is -3.07. The minimum atomic E-state index is -2.92. The summed E-state index contributed by atoms with van der Waals surface area (Å²) in [6, 6.07) is 17.6. The lowest BCUT2D eigenvalue weighted by Gasteiger charge is -2.42. The highest BCUT2D eigenvalue weighted by Gasteiger charge is 2.54. The van der Waals surface area contributed by atoms with Gasteiger partial charge in [0.2, 0.25) is 0 Å². The number of cyclic esters (lactones) is 3. The lowest BCUT2D eigenvalue weighted by molar-refractivity contribution is -0.142. The van der Waals surface area contributed by atoms with Gasteiger partial charge in [-0.15, -0.1) is 6.58 Å². The van der Waals surface area contributed by atoms with E-state index in [2.05, 4.69) is 217 Å². The number of carbonyl (C=O) groups excluding carboxylic acids is 9. The van der Waals surface area contributed by atoms with Gasteiger partial charge < -0.3 is 127 Å². The number of nitrogens with two attached hydrogens (primary N) is 1. The van der Waals surface area contributed by atoms with Crippen molar-refractivity contribution in [2.75, 3.05) is 93.3 Å². The number of benzene rings is 2. The maximum Gasteiger partial charge on any atom is 0.408 e. The van der Waals surface area contributed by atoms with Gasteiger partial charge >= 0.3 is 71.8 Å². The number of hydrogen-bond acceptors (Lipinski definition) is 26. The summed E-state index contributed by atoms with van der Waals surface area (Å²) < 4.78 is 86.5. The van der Waals surface area contributed by atoms with Crippen LogP contribution < -0.4 is 58.6 Å². The summed E-state index contributed by atoms with van der Waals surface area (Å²) in [6.07, 6.45) is -2.17. The van der Waals surface area contributed by atoms with E-state index in [0.29, 0.717) is 39.2 Å². The minimum Gasteiger partial charge on any atom is -0.481 e. The van der Waals surface area contributed by atoms with Crippen LogP contribution in [0.3, 0.4) is 0 Å². The third-order valence-corrected chi connectivity index (χ3v) is 45.0. The van der Waals surface area contributed by atoms with Gasteiger partial charge in [-0.3, -0.25) is 4.79 Å². The molecule has 135 heavy (non-hydrogen) atoms. The van der Waals surface area contributed by atoms with Crippen LogP contribution in [-0.4, -0.2) is 260 Å². The molecule has 8 amide bonds. The van der Waals surface area contributed by atoms with E-state index >= 15 is 0 Å². The Kier molecular flexibility index (Phi) is 50.5. The number of aldehydes is 1. The zero-order valence-electron chi connectivity index (χ0n) is 88.1. The highest BCUT2D eigenvalue weighted by atomic mass is 28.4. The Hall–Kier alpha value is -7.76. The monoisotopic (exact) mass is 2000 g/mol. The largest absolute Gasteiger partial charge is 0.481 e. The van der Waals surface area contributed by atoms with Gasteiger partial charge in [-0.1, -0.05) is 178 Å². The Morgan fingerprint density at radius 2 is 0.763 bits per heavy atom. The number of nitrogens with one attached hydrogen (secondary N) is 8. The molecule has 0 radical (unpaired) electrons. The maximum atomic E-state index is 12.8. The van der Waals surface area contributed by atoms with E-state index in [-0.39, 0.29) is 103 Å². The normalized spacial score (nSPS) is 19.6. The van der Waals surface area contributed by atoms with Crippen molar-refractivity contribution in [3.63, 3.8) is 0 Å². The first-order valence-corrected chi connectivity index (χ1v) is 58.3. The van der Waals surface area contributed by atoms with E-state index in [0.717, 1.165) is 10.4 Å². The van der Waals surface area contributed by atoms with Crippen molar-refractivity contribution in [3.8, 4) is 0 Å². The van der Waals surface area contributed by atoms with Gasteiger partial charge in [-0.2, -0.15) is 0 Å². The lowest BCUT2D eigenvalue weighted by atomic mass is 10.0. The molecule has 5 rings (SSSR count). The van der Waals surface area contributed by atoms with Crippen molar-refractivity contribution >= 4 is 113 Å². The Balaban J connectivity index is 0.00000170. The molecule has 3 aliphatic rings. The van der Waals surface area contributed by atoms with Crippen LogP contribution in [0.5, 0.6) is 0 Å². The van der Waals surface area contributed by atoms with Crippen molar-refractivity contribution in [1.82, 2.24) is 42.5 Å². The van der Waals surface area contributed by atoms with Gasteiger partial charge in [-0.25, -0.2) is 38.4 Å². The predicted octanol–water partition coefficient (Wildman–Crippen LogP) is 16.5. The average Bonchev–Trinajstić information content (AvgIpc) is 0.965. The van der Waals surface area contributed by atoms with Crippen LogP contribution in [0.25, 0.3) is 0 Å². The molecular formula is C95H177N9O26Si5. The molecule has 0 bridgehead atoms. The standard InChI is InChI=1S/C28H51NO5Si2.C27H52N2O5Si2.C17H34N2O5Si.C11H18N2O6.C11H18N2O5.CH4/c1-14-22(20-32-35(12,13)27(5,6)7)24(29-25(30)34-26(2,3)4)21-33-36(31-11,28(8,9)10)23-18-16-15-17-19-23;1-25(2,3)34-24(30)29-23(21(18-28)19-32-35(11,12)26(4,5)6)20-33-36(31-10,27(7,8)9)22-16-14-13-15-17-22;1-16(2,3)24-15(21)19-13-11-22-14(20)18-9-12(13)10-23-25(7,8)17(4,5)6;1-11(2,3)19-10(17)13-7-5-18-9(16)12-4-6(7)8(14)15;1-11(2,3)18-10(16)13-8-6-17-9(15)12-4-7(8)5-14;/h14-19,22,24H,1,20-21H2,2-13H3,(H,29,30);13-17,21,23H,18-20,28H2,1-12H3,(H,29,30);12-13H,9-11H2,1-8H3,(H,18,20)(H,19,21);6-7H,4-5H2,1-3H3,(H,12,16)(H,13,17)(H,14,15);5,7-8H,4,6H2,1-3H3,(H,12,15)(H,13,16);1H4/t22-,24+,36?;21-,23+,36?;12-,13+;6-,7-;7-,8+;/m00010./s1. The quantitative estimate of drug-likeness (QED) is 0.0150. The molecule has 3 aliphatic heterocycles. The van der Waals surface area contributed by atoms with Crippen LogP contribution in [0.4, 0.5) is 38.4 Å². The van der Waals surface area contributed by atoms with Gasteiger partial charge in [0.05, 0.1) is 55.3 Å². The molecule has 0 aromatic heterocycles. The fourth-order valence-electron chi connectivity index (χ4n) is 12.4. The highest BCUT2D eigenvalue weighted by molar-refractivity contribution is 6.84. The molecule has 2 aromatic carbocycles. The fourth-order valence-corrected chi connectivity index (χ4v) is 22.5. The number of carboxylic acid groups (broad SMARTS) is 1. The second kappa shape index (κ2) is 53.6. The van der Waals surface area contributed by atoms with Crippen LogP contribution in [0.15, 0.2) is 73.3 Å². The molecule has 40 heteroatoms. The van der Waals surface area contributed by atoms with Gasteiger partial charge in [0, 0.05) is 81.5 Å². The fraction of sp³-hybridized carbons (Fsp3) is 0.747. The number of carbonyl (C=O) groups is 10. The topological polar surface area (TPSA) is 452 Å². The lowest BCUT2D eigenvalue weighted by Crippen LogP contribution is -2.62. The van der Waals surface area contributed by atoms with Gasteiger partial charge in [0.1, 0.15) is 54.1 Å². The van der Waals surface area contributed by atoms with E-state index in [4.69, 9.17) is 79.7 Å². The Labute approximate surface area is 813 Å². The molecule has 11 N–H and O–H groups in total. The highest BCUT2D eigenvalue weighted by Crippen LogP contribution is 2.42. The van der Waals surface area contributed by atoms with Crippen molar-refractivity contribution in [2.24, 2.45) is 35.3 Å². The van der Waals surface area contributed by atoms with E-state index in [1.807, 2.05) is 84.0 Å². The third kappa shape index (κ3) is 45.8. The van der Waals surface area contributed by atoms with Crippen molar-refractivity contribution < 1.29 is 122 Å². The smallest absolute Gasteiger partial charge is 0.408 e. The van der Waals surface area contributed by atoms with E-state index in [9.17, 15) is 47.9 Å². The van der Waals surface area contributed by atoms with Crippen LogP contribution in [0.2, 0.25) is 64.5 Å². The molecule has 12 atom stereocenters. The second-order valence-electron chi connectivity index (χ2n) is 45.3. The summed E-state index contributed by atoms with van der Waals surface area (Å²) >= 11 is 0. The summed E-state index contributed by atoms with van der Waals surface area (Å²) in [7, 11) is -8.36. The predicted molar refractivity (Wildman–Crippen MR) is 539 cm³/mol. The van der Waals surface area contributed by atoms with Crippen LogP contribution in [0, 0.1) is 29.6 Å². The minimum absolute atomic E-state index is 0. The molecule has 35 nitrogen and oxygen atoms in total. The SMILES string of the molecule is C.C=C[C@@H](CO[Si](C)(C)C(C)(C)C)[C@@H](CO[Si](OC)(c1ccccc1)C(C)(C)C)NC(=O)OC(C)(C)C.CC(C)(C)OC(=O)N[C@@H]1COC(=O)NC[C@H]1C(=O)O.CC(C)(C)OC(=O)N[C@@H]1COC(=O)NC[C@H]1C=O.CC(C)(C)OC(=O)N[C@@H]1COC(=O)NC[C@H]1CO[Si](C)(C)C(C)(C)C.CO[Si](OC[C@@H](NC(=O)OC(C)(C)C)[C@@H](CN)CO[Si](C)(C)C(C)(C)C)(c1ccccc1)C(C)(C)C. The van der Waals surface area contributed by atoms with E-state index < -0.39 is 161 Å². The zero-order valence-corrected chi connectivity index (χ0v) is 93.1. The van der Waals surface area contributed by atoms with Crippen LogP contribution >= 0.6 is 0 Å². The number of rotatable bonds is 30. The van der Waals surface area contributed by atoms with Crippen LogP contribution in [0.1, 0.15) is 215 Å². The number of amides is 8.